The smallest absolute Gasteiger partial charge is 0.303 e. The minimum Gasteiger partial charge on any atom is -0.481 e. The van der Waals surface area contributed by atoms with E-state index in [1.807, 2.05) is 41.3 Å². The molecule has 2 aromatic rings. The molecule has 2 fully saturated rings. The second-order valence-corrected chi connectivity index (χ2v) is 7.31. The SMILES string of the molecule is O=C(O)CC1CCN(C(=O)c2cc(C3CC3)nn2-c2ccccc2)CC1. The van der Waals surface area contributed by atoms with Crippen LogP contribution >= 0.6 is 0 Å². The van der Waals surface area contributed by atoms with Gasteiger partial charge in [-0.3, -0.25) is 9.59 Å². The molecule has 6 heteroatoms. The first-order valence-corrected chi connectivity index (χ1v) is 9.28. The number of carbonyl (C=O) groups is 2. The number of benzene rings is 1. The third-order valence-corrected chi connectivity index (χ3v) is 5.31. The summed E-state index contributed by atoms with van der Waals surface area (Å²) < 4.78 is 1.76. The number of hydrogen-bond donors (Lipinski definition) is 1. The highest BCUT2D eigenvalue weighted by atomic mass is 16.4. The van der Waals surface area contributed by atoms with Crippen LogP contribution in [0.2, 0.25) is 0 Å². The first-order valence-electron chi connectivity index (χ1n) is 9.28. The van der Waals surface area contributed by atoms with Gasteiger partial charge in [-0.25, -0.2) is 4.68 Å². The maximum atomic E-state index is 13.1. The fraction of sp³-hybridized carbons (Fsp3) is 0.450. The van der Waals surface area contributed by atoms with Crippen LogP contribution in [0.25, 0.3) is 5.69 Å². The summed E-state index contributed by atoms with van der Waals surface area (Å²) in [5, 5.41) is 13.7. The van der Waals surface area contributed by atoms with Gasteiger partial charge in [0.1, 0.15) is 5.69 Å². The highest BCUT2D eigenvalue weighted by Crippen LogP contribution is 2.40. The van der Waals surface area contributed by atoms with Gasteiger partial charge in [0.15, 0.2) is 0 Å². The van der Waals surface area contributed by atoms with Crippen LogP contribution in [-0.4, -0.2) is 44.8 Å². The van der Waals surface area contributed by atoms with Crippen LogP contribution in [0, 0.1) is 5.92 Å². The van der Waals surface area contributed by atoms with E-state index in [-0.39, 0.29) is 18.2 Å². The predicted molar refractivity (Wildman–Crippen MR) is 96.4 cm³/mol. The van der Waals surface area contributed by atoms with E-state index in [2.05, 4.69) is 0 Å². The fourth-order valence-corrected chi connectivity index (χ4v) is 3.65. The van der Waals surface area contributed by atoms with Crippen molar-refractivity contribution in [3.05, 3.63) is 47.8 Å². The van der Waals surface area contributed by atoms with E-state index in [9.17, 15) is 9.59 Å². The van der Waals surface area contributed by atoms with Crippen LogP contribution in [0.5, 0.6) is 0 Å². The number of nitrogens with zero attached hydrogens (tertiary/aromatic N) is 3. The number of carboxylic acids is 1. The van der Waals surface area contributed by atoms with E-state index < -0.39 is 5.97 Å². The molecule has 1 saturated heterocycles. The summed E-state index contributed by atoms with van der Waals surface area (Å²) in [6.07, 6.45) is 3.95. The number of hydrogen-bond acceptors (Lipinski definition) is 3. The first kappa shape index (κ1) is 16.8. The van der Waals surface area contributed by atoms with Gasteiger partial charge in [-0.2, -0.15) is 5.10 Å². The quantitative estimate of drug-likeness (QED) is 0.896. The Bertz CT molecular complexity index is 803. The second kappa shape index (κ2) is 6.94. The molecule has 0 bridgehead atoms. The molecule has 1 aliphatic carbocycles. The zero-order valence-electron chi connectivity index (χ0n) is 14.7. The summed E-state index contributed by atoms with van der Waals surface area (Å²) in [4.78, 5) is 25.9. The number of piperidine rings is 1. The summed E-state index contributed by atoms with van der Waals surface area (Å²) >= 11 is 0. The van der Waals surface area contributed by atoms with Crippen molar-refractivity contribution >= 4 is 11.9 Å². The highest BCUT2D eigenvalue weighted by molar-refractivity contribution is 5.93. The van der Waals surface area contributed by atoms with Crippen LogP contribution in [0.1, 0.15) is 54.2 Å². The Balaban J connectivity index is 1.55. The van der Waals surface area contributed by atoms with Crippen molar-refractivity contribution in [2.45, 2.75) is 38.0 Å². The number of amides is 1. The average Bonchev–Trinajstić information content (AvgIpc) is 3.41. The number of para-hydroxylation sites is 1. The van der Waals surface area contributed by atoms with Gasteiger partial charge in [0.2, 0.25) is 0 Å². The fourth-order valence-electron chi connectivity index (χ4n) is 3.65. The molecule has 0 radical (unpaired) electrons. The minimum atomic E-state index is -0.758. The van der Waals surface area contributed by atoms with Gasteiger partial charge in [-0.05, 0) is 49.8 Å². The van der Waals surface area contributed by atoms with Crippen LogP contribution in [0.3, 0.4) is 0 Å². The molecule has 26 heavy (non-hydrogen) atoms. The Morgan fingerprint density at radius 3 is 2.38 bits per heavy atom. The van der Waals surface area contributed by atoms with Crippen molar-refractivity contribution in [1.29, 1.82) is 0 Å². The van der Waals surface area contributed by atoms with Crippen molar-refractivity contribution in [3.63, 3.8) is 0 Å². The highest BCUT2D eigenvalue weighted by Gasteiger charge is 2.31. The average molecular weight is 353 g/mol. The molecule has 0 spiro atoms. The van der Waals surface area contributed by atoms with Crippen molar-refractivity contribution in [3.8, 4) is 5.69 Å². The summed E-state index contributed by atoms with van der Waals surface area (Å²) in [5.74, 6) is -0.126. The van der Waals surface area contributed by atoms with Crippen molar-refractivity contribution in [2.24, 2.45) is 5.92 Å². The number of aliphatic carboxylic acids is 1. The predicted octanol–water partition coefficient (Wildman–Crippen LogP) is 3.08. The first-order chi connectivity index (χ1) is 12.6. The Morgan fingerprint density at radius 2 is 1.77 bits per heavy atom. The lowest BCUT2D eigenvalue weighted by Crippen LogP contribution is -2.39. The molecule has 2 heterocycles. The van der Waals surface area contributed by atoms with Gasteiger partial charge in [-0.15, -0.1) is 0 Å². The van der Waals surface area contributed by atoms with Crippen molar-refractivity contribution in [2.75, 3.05) is 13.1 Å². The Morgan fingerprint density at radius 1 is 1.08 bits per heavy atom. The summed E-state index contributed by atoms with van der Waals surface area (Å²) in [6, 6.07) is 11.7. The van der Waals surface area contributed by atoms with Gasteiger partial charge in [0.25, 0.3) is 5.91 Å². The van der Waals surface area contributed by atoms with Crippen molar-refractivity contribution in [1.82, 2.24) is 14.7 Å². The van der Waals surface area contributed by atoms with Crippen LogP contribution in [0.4, 0.5) is 0 Å². The van der Waals surface area contributed by atoms with Crippen LogP contribution in [0.15, 0.2) is 36.4 Å². The molecule has 136 valence electrons. The van der Waals surface area contributed by atoms with E-state index in [0.29, 0.717) is 24.7 Å². The molecule has 1 amide bonds. The number of rotatable bonds is 5. The second-order valence-electron chi connectivity index (χ2n) is 7.31. The molecular formula is C20H23N3O3. The molecule has 1 aliphatic heterocycles. The largest absolute Gasteiger partial charge is 0.481 e. The Kier molecular flexibility index (Phi) is 4.49. The normalized spacial score (nSPS) is 18.1. The van der Waals surface area contributed by atoms with E-state index in [0.717, 1.165) is 37.1 Å². The van der Waals surface area contributed by atoms with Gasteiger partial charge in [-0.1, -0.05) is 18.2 Å². The standard InChI is InChI=1S/C20H23N3O3/c24-19(25)12-14-8-10-22(11-9-14)20(26)18-13-17(15-6-7-15)21-23(18)16-4-2-1-3-5-16/h1-5,13-15H,6-12H2,(H,24,25). The van der Waals surface area contributed by atoms with Gasteiger partial charge in [0, 0.05) is 25.4 Å². The molecule has 1 aromatic heterocycles. The molecule has 2 aliphatic rings. The number of carboxylic acid groups (broad SMARTS) is 1. The number of carbonyl (C=O) groups excluding carboxylic acids is 1. The molecule has 1 N–H and O–H groups in total. The maximum absolute atomic E-state index is 13.1. The van der Waals surface area contributed by atoms with Gasteiger partial charge >= 0.3 is 5.97 Å². The van der Waals surface area contributed by atoms with E-state index in [1.54, 1.807) is 4.68 Å². The Labute approximate surface area is 152 Å². The van der Waals surface area contributed by atoms with Gasteiger partial charge < -0.3 is 10.0 Å². The van der Waals surface area contributed by atoms with Crippen LogP contribution in [-0.2, 0) is 4.79 Å². The van der Waals surface area contributed by atoms with E-state index in [1.165, 1.54) is 0 Å². The Hall–Kier alpha value is -2.63. The lowest BCUT2D eigenvalue weighted by Gasteiger charge is -2.31. The zero-order valence-corrected chi connectivity index (χ0v) is 14.7. The van der Waals surface area contributed by atoms with Gasteiger partial charge in [0.05, 0.1) is 11.4 Å². The molecule has 6 nitrogen and oxygen atoms in total. The topological polar surface area (TPSA) is 75.4 Å². The lowest BCUT2D eigenvalue weighted by atomic mass is 9.93. The van der Waals surface area contributed by atoms with E-state index >= 15 is 0 Å². The molecule has 4 rings (SSSR count). The number of likely N-dealkylation sites (tertiary alicyclic amines) is 1. The monoisotopic (exact) mass is 353 g/mol. The zero-order chi connectivity index (χ0) is 18.1. The molecule has 0 atom stereocenters. The minimum absolute atomic E-state index is 0.0120. The van der Waals surface area contributed by atoms with E-state index in [4.69, 9.17) is 10.2 Å². The lowest BCUT2D eigenvalue weighted by molar-refractivity contribution is -0.138. The molecule has 1 aromatic carbocycles. The number of aromatic nitrogens is 2. The molecule has 0 unspecified atom stereocenters. The van der Waals surface area contributed by atoms with Crippen LogP contribution < -0.4 is 0 Å². The summed E-state index contributed by atoms with van der Waals surface area (Å²) in [7, 11) is 0. The molecule has 1 saturated carbocycles. The van der Waals surface area contributed by atoms with Crippen molar-refractivity contribution < 1.29 is 14.7 Å². The summed E-state index contributed by atoms with van der Waals surface area (Å²) in [6.45, 7) is 1.21. The molecular weight excluding hydrogens is 330 g/mol. The third-order valence-electron chi connectivity index (χ3n) is 5.31. The third kappa shape index (κ3) is 3.49. The summed E-state index contributed by atoms with van der Waals surface area (Å²) in [5.41, 5.74) is 2.50. The maximum Gasteiger partial charge on any atom is 0.303 e.